The molecule has 3 rings (SSSR count). The Kier molecular flexibility index (Phi) is 8.27. The highest BCUT2D eigenvalue weighted by molar-refractivity contribution is 7.89. The molecule has 1 amide bonds. The Balaban J connectivity index is 1.47. The zero-order chi connectivity index (χ0) is 21.6. The number of aliphatic hydroxyl groups is 1. The Morgan fingerprint density at radius 3 is 2.57 bits per heavy atom. The van der Waals surface area contributed by atoms with Gasteiger partial charge < -0.3 is 15.2 Å². The highest BCUT2D eigenvalue weighted by Crippen LogP contribution is 2.26. The first-order valence-electron chi connectivity index (χ1n) is 11.0. The first kappa shape index (κ1) is 23.2. The van der Waals surface area contributed by atoms with Crippen LogP contribution in [-0.4, -0.2) is 50.8 Å². The number of benzene rings is 1. The molecule has 1 heterocycles. The van der Waals surface area contributed by atoms with Gasteiger partial charge in [0.15, 0.2) is 0 Å². The second kappa shape index (κ2) is 10.7. The van der Waals surface area contributed by atoms with Crippen molar-refractivity contribution in [1.29, 1.82) is 0 Å². The minimum absolute atomic E-state index is 0.0752. The zero-order valence-corrected chi connectivity index (χ0v) is 18.5. The lowest BCUT2D eigenvalue weighted by atomic mass is 9.88. The van der Waals surface area contributed by atoms with E-state index in [-0.39, 0.29) is 42.0 Å². The number of amides is 1. The maximum absolute atomic E-state index is 12.5. The number of aliphatic hydroxyl groups excluding tert-OH is 1. The lowest BCUT2D eigenvalue weighted by molar-refractivity contribution is -0.132. The Hall–Kier alpha value is -1.48. The van der Waals surface area contributed by atoms with Crippen LogP contribution in [-0.2, 0) is 19.6 Å². The summed E-state index contributed by atoms with van der Waals surface area (Å²) in [6.07, 6.45) is 6.63. The molecule has 1 saturated heterocycles. The second-order valence-electron chi connectivity index (χ2n) is 8.46. The van der Waals surface area contributed by atoms with Crippen LogP contribution in [0.15, 0.2) is 29.2 Å². The molecule has 0 unspecified atom stereocenters. The maximum Gasteiger partial charge on any atom is 0.240 e. The Morgan fingerprint density at radius 2 is 1.87 bits per heavy atom. The number of aryl methyl sites for hydroxylation is 1. The van der Waals surface area contributed by atoms with Gasteiger partial charge in [0.2, 0.25) is 15.9 Å². The topological polar surface area (TPSA) is 105 Å². The molecular weight excluding hydrogens is 404 g/mol. The van der Waals surface area contributed by atoms with E-state index in [1.54, 1.807) is 25.1 Å². The lowest BCUT2D eigenvalue weighted by Gasteiger charge is -2.37. The van der Waals surface area contributed by atoms with Gasteiger partial charge in [0.05, 0.1) is 23.6 Å². The van der Waals surface area contributed by atoms with Crippen LogP contribution in [0.3, 0.4) is 0 Å². The Bertz CT molecular complexity index is 808. The molecular formula is C22H34N2O5S. The van der Waals surface area contributed by atoms with Gasteiger partial charge in [-0.3, -0.25) is 4.79 Å². The van der Waals surface area contributed by atoms with Crippen LogP contribution in [0.25, 0.3) is 0 Å². The van der Waals surface area contributed by atoms with Gasteiger partial charge in [-0.05, 0) is 50.7 Å². The molecule has 0 spiro atoms. The SMILES string of the molecule is Cc1ccccc1S(=O)(=O)NCC[C@H]1CC[C@H](NC(=O)C2CCCCC2)[C@H](CO)O1. The third kappa shape index (κ3) is 6.03. The number of sulfonamides is 1. The van der Waals surface area contributed by atoms with Gasteiger partial charge in [0.1, 0.15) is 6.10 Å². The second-order valence-corrected chi connectivity index (χ2v) is 10.2. The van der Waals surface area contributed by atoms with Gasteiger partial charge in [0, 0.05) is 12.5 Å². The van der Waals surface area contributed by atoms with Gasteiger partial charge >= 0.3 is 0 Å². The normalized spacial score (nSPS) is 25.7. The monoisotopic (exact) mass is 438 g/mol. The van der Waals surface area contributed by atoms with Crippen LogP contribution in [0.1, 0.15) is 56.9 Å². The van der Waals surface area contributed by atoms with Crippen molar-refractivity contribution < 1.29 is 23.1 Å². The summed E-state index contributed by atoms with van der Waals surface area (Å²) in [5.74, 6) is 0.151. The third-order valence-electron chi connectivity index (χ3n) is 6.24. The molecule has 8 heteroatoms. The fraction of sp³-hybridized carbons (Fsp3) is 0.682. The average molecular weight is 439 g/mol. The smallest absolute Gasteiger partial charge is 0.240 e. The minimum atomic E-state index is -3.56. The van der Waals surface area contributed by atoms with Crippen LogP contribution in [0.4, 0.5) is 0 Å². The molecule has 168 valence electrons. The summed E-state index contributed by atoms with van der Waals surface area (Å²) in [4.78, 5) is 12.8. The van der Waals surface area contributed by atoms with Crippen molar-refractivity contribution in [1.82, 2.24) is 10.0 Å². The molecule has 1 aliphatic heterocycles. The molecule has 3 atom stereocenters. The van der Waals surface area contributed by atoms with Crippen molar-refractivity contribution in [3.05, 3.63) is 29.8 Å². The summed E-state index contributed by atoms with van der Waals surface area (Å²) < 4.78 is 33.6. The molecule has 30 heavy (non-hydrogen) atoms. The highest BCUT2D eigenvalue weighted by Gasteiger charge is 2.33. The van der Waals surface area contributed by atoms with Gasteiger partial charge in [-0.25, -0.2) is 13.1 Å². The van der Waals surface area contributed by atoms with Crippen molar-refractivity contribution in [3.8, 4) is 0 Å². The van der Waals surface area contributed by atoms with E-state index in [9.17, 15) is 18.3 Å². The molecule has 1 aliphatic carbocycles. The van der Waals surface area contributed by atoms with Crippen LogP contribution < -0.4 is 10.0 Å². The van der Waals surface area contributed by atoms with E-state index in [0.29, 0.717) is 12.0 Å². The number of nitrogens with one attached hydrogen (secondary N) is 2. The summed E-state index contributed by atoms with van der Waals surface area (Å²) >= 11 is 0. The largest absolute Gasteiger partial charge is 0.394 e. The standard InChI is InChI=1S/C22H34N2O5S/c1-16-7-5-6-10-21(16)30(27,28)23-14-13-18-11-12-19(20(15-25)29-18)24-22(26)17-8-3-2-4-9-17/h5-7,10,17-20,23,25H,2-4,8-9,11-15H2,1H3,(H,24,26)/t18-,19+,20+/m1/s1. The van der Waals surface area contributed by atoms with Crippen molar-refractivity contribution in [3.63, 3.8) is 0 Å². The molecule has 0 radical (unpaired) electrons. The van der Waals surface area contributed by atoms with Crippen molar-refractivity contribution in [2.24, 2.45) is 5.92 Å². The minimum Gasteiger partial charge on any atom is -0.394 e. The fourth-order valence-corrected chi connectivity index (χ4v) is 5.76. The molecule has 1 aromatic carbocycles. The number of carbonyl (C=O) groups excluding carboxylic acids is 1. The predicted octanol–water partition coefficient (Wildman–Crippen LogP) is 2.27. The number of hydrogen-bond acceptors (Lipinski definition) is 5. The molecule has 7 nitrogen and oxygen atoms in total. The van der Waals surface area contributed by atoms with E-state index in [2.05, 4.69) is 10.0 Å². The van der Waals surface area contributed by atoms with Crippen LogP contribution in [0.5, 0.6) is 0 Å². The highest BCUT2D eigenvalue weighted by atomic mass is 32.2. The Morgan fingerprint density at radius 1 is 1.13 bits per heavy atom. The summed E-state index contributed by atoms with van der Waals surface area (Å²) in [6, 6.07) is 6.69. The molecule has 3 N–H and O–H groups in total. The zero-order valence-electron chi connectivity index (χ0n) is 17.7. The number of ether oxygens (including phenoxy) is 1. The van der Waals surface area contributed by atoms with E-state index in [4.69, 9.17) is 4.74 Å². The summed E-state index contributed by atoms with van der Waals surface area (Å²) in [6.45, 7) is 1.87. The summed E-state index contributed by atoms with van der Waals surface area (Å²) in [5.41, 5.74) is 0.704. The Labute approximate surface area is 179 Å². The van der Waals surface area contributed by atoms with Gasteiger partial charge in [-0.1, -0.05) is 37.5 Å². The van der Waals surface area contributed by atoms with E-state index in [1.807, 2.05) is 6.07 Å². The fourth-order valence-electron chi connectivity index (χ4n) is 4.46. The summed E-state index contributed by atoms with van der Waals surface area (Å²) in [7, 11) is -3.56. The van der Waals surface area contributed by atoms with E-state index in [1.165, 1.54) is 6.42 Å². The lowest BCUT2D eigenvalue weighted by Crippen LogP contribution is -2.52. The quantitative estimate of drug-likeness (QED) is 0.578. The summed E-state index contributed by atoms with van der Waals surface area (Å²) in [5, 5.41) is 12.8. The van der Waals surface area contributed by atoms with Crippen LogP contribution in [0, 0.1) is 12.8 Å². The maximum atomic E-state index is 12.5. The van der Waals surface area contributed by atoms with Crippen molar-refractivity contribution in [2.75, 3.05) is 13.2 Å². The number of hydrogen-bond donors (Lipinski definition) is 3. The predicted molar refractivity (Wildman–Crippen MR) is 114 cm³/mol. The van der Waals surface area contributed by atoms with Gasteiger partial charge in [-0.2, -0.15) is 0 Å². The van der Waals surface area contributed by atoms with Gasteiger partial charge in [-0.15, -0.1) is 0 Å². The molecule has 0 bridgehead atoms. The van der Waals surface area contributed by atoms with Crippen molar-refractivity contribution >= 4 is 15.9 Å². The number of carbonyl (C=O) groups is 1. The molecule has 2 fully saturated rings. The first-order chi connectivity index (χ1) is 14.4. The van der Waals surface area contributed by atoms with Crippen LogP contribution in [0.2, 0.25) is 0 Å². The third-order valence-corrected chi connectivity index (χ3v) is 7.86. The van der Waals surface area contributed by atoms with Crippen LogP contribution >= 0.6 is 0 Å². The molecule has 2 aliphatic rings. The van der Waals surface area contributed by atoms with E-state index < -0.39 is 16.1 Å². The van der Waals surface area contributed by atoms with Crippen molar-refractivity contribution in [2.45, 2.75) is 81.4 Å². The van der Waals surface area contributed by atoms with Gasteiger partial charge in [0.25, 0.3) is 0 Å². The molecule has 1 aromatic rings. The average Bonchev–Trinajstić information content (AvgIpc) is 2.75. The number of rotatable bonds is 8. The van der Waals surface area contributed by atoms with E-state index in [0.717, 1.165) is 38.5 Å². The van der Waals surface area contributed by atoms with E-state index >= 15 is 0 Å². The first-order valence-corrected chi connectivity index (χ1v) is 12.5. The molecule has 1 saturated carbocycles. The molecule has 0 aromatic heterocycles.